The lowest BCUT2D eigenvalue weighted by Crippen LogP contribution is -2.58. The number of benzene rings is 1. The number of likely N-dealkylation sites (tertiary alicyclic amines) is 1. The molecule has 1 aromatic carbocycles. The Morgan fingerprint density at radius 3 is 2.83 bits per heavy atom. The summed E-state index contributed by atoms with van der Waals surface area (Å²) in [6.45, 7) is 3.71. The first-order valence-corrected chi connectivity index (χ1v) is 11.1. The van der Waals surface area contributed by atoms with Gasteiger partial charge in [-0.1, -0.05) is 12.1 Å². The maximum absolute atomic E-state index is 13.1. The van der Waals surface area contributed by atoms with Crippen molar-refractivity contribution in [3.05, 3.63) is 59.8 Å². The summed E-state index contributed by atoms with van der Waals surface area (Å²) in [6, 6.07) is 10.7. The fourth-order valence-electron chi connectivity index (χ4n) is 5.42. The summed E-state index contributed by atoms with van der Waals surface area (Å²) in [5, 5.41) is 1.19. The summed E-state index contributed by atoms with van der Waals surface area (Å²) >= 11 is 0. The van der Waals surface area contributed by atoms with Crippen LogP contribution in [0, 0.1) is 5.92 Å². The fraction of sp³-hybridized carbons (Fsp3) is 0.458. The molecule has 1 saturated heterocycles. The van der Waals surface area contributed by atoms with Crippen molar-refractivity contribution < 1.29 is 4.79 Å². The van der Waals surface area contributed by atoms with Gasteiger partial charge in [-0.2, -0.15) is 0 Å². The van der Waals surface area contributed by atoms with E-state index in [1.54, 1.807) is 0 Å². The van der Waals surface area contributed by atoms with Crippen LogP contribution in [0.4, 0.5) is 0 Å². The second kappa shape index (κ2) is 6.91. The molecule has 1 spiro atoms. The lowest BCUT2D eigenvalue weighted by Gasteiger charge is -2.50. The van der Waals surface area contributed by atoms with Gasteiger partial charge in [0.1, 0.15) is 0 Å². The molecule has 30 heavy (non-hydrogen) atoms. The van der Waals surface area contributed by atoms with Gasteiger partial charge in [-0.25, -0.2) is 4.98 Å². The van der Waals surface area contributed by atoms with Gasteiger partial charge in [0.15, 0.2) is 0 Å². The van der Waals surface area contributed by atoms with E-state index < -0.39 is 0 Å². The van der Waals surface area contributed by atoms with E-state index in [-0.39, 0.29) is 11.5 Å². The van der Waals surface area contributed by atoms with Crippen LogP contribution in [0.1, 0.15) is 42.6 Å². The smallest absolute Gasteiger partial charge is 0.226 e. The second-order valence-corrected chi connectivity index (χ2v) is 9.08. The normalized spacial score (nSPS) is 21.1. The van der Waals surface area contributed by atoms with Crippen LogP contribution in [0.2, 0.25) is 0 Å². The maximum atomic E-state index is 13.1. The lowest BCUT2D eigenvalue weighted by atomic mass is 9.78. The molecule has 0 radical (unpaired) electrons. The third-order valence-electron chi connectivity index (χ3n) is 7.21. The molecule has 1 saturated carbocycles. The van der Waals surface area contributed by atoms with Crippen molar-refractivity contribution in [3.8, 4) is 0 Å². The zero-order valence-corrected chi connectivity index (χ0v) is 17.2. The molecule has 0 bridgehead atoms. The summed E-state index contributed by atoms with van der Waals surface area (Å²) in [6.07, 6.45) is 8.58. The Labute approximate surface area is 176 Å². The average molecular weight is 402 g/mol. The number of rotatable bonds is 3. The van der Waals surface area contributed by atoms with Gasteiger partial charge in [-0.3, -0.25) is 14.7 Å². The zero-order chi connectivity index (χ0) is 20.1. The first kappa shape index (κ1) is 18.1. The maximum Gasteiger partial charge on any atom is 0.226 e. The molecule has 0 atom stereocenters. The SMILES string of the molecule is O=C(C1CC1)N1CCc2[nH]cnc2C12CCN(Cc1ccc3ncccc3c1)CC2. The van der Waals surface area contributed by atoms with Gasteiger partial charge >= 0.3 is 0 Å². The number of aromatic amines is 1. The molecule has 1 N–H and O–H groups in total. The highest BCUT2D eigenvalue weighted by atomic mass is 16.2. The number of nitrogens with one attached hydrogen (secondary N) is 1. The van der Waals surface area contributed by atoms with Crippen LogP contribution in [0.15, 0.2) is 42.9 Å². The molecular weight excluding hydrogens is 374 g/mol. The Morgan fingerprint density at radius 1 is 1.13 bits per heavy atom. The van der Waals surface area contributed by atoms with Gasteiger partial charge in [0, 0.05) is 55.8 Å². The predicted octanol–water partition coefficient (Wildman–Crippen LogP) is 3.24. The van der Waals surface area contributed by atoms with E-state index in [1.165, 1.54) is 16.6 Å². The number of H-pyrrole nitrogens is 1. The first-order chi connectivity index (χ1) is 14.7. The molecule has 6 nitrogen and oxygen atoms in total. The minimum atomic E-state index is -0.225. The molecule has 0 unspecified atom stereocenters. The van der Waals surface area contributed by atoms with Crippen LogP contribution < -0.4 is 0 Å². The minimum Gasteiger partial charge on any atom is -0.348 e. The van der Waals surface area contributed by atoms with Crippen molar-refractivity contribution in [2.75, 3.05) is 19.6 Å². The molecule has 2 aliphatic heterocycles. The number of nitrogens with zero attached hydrogens (tertiary/aromatic N) is 4. The topological polar surface area (TPSA) is 65.1 Å². The van der Waals surface area contributed by atoms with Crippen LogP contribution in [0.25, 0.3) is 10.9 Å². The standard InChI is InChI=1S/C24H27N5O/c30-23(18-4-5-18)29-11-7-21-22(27-16-26-21)24(29)8-12-28(13-9-24)15-17-3-6-20-19(14-17)2-1-10-25-20/h1-3,6,10,14,16,18H,4-5,7-9,11-13,15H2,(H,26,27). The first-order valence-electron chi connectivity index (χ1n) is 11.1. The molecule has 4 heterocycles. The van der Waals surface area contributed by atoms with Crippen LogP contribution in [-0.2, 0) is 23.3 Å². The van der Waals surface area contributed by atoms with E-state index in [2.05, 4.69) is 44.0 Å². The summed E-state index contributed by atoms with van der Waals surface area (Å²) in [5.41, 5.74) is 4.49. The third-order valence-corrected chi connectivity index (χ3v) is 7.21. The van der Waals surface area contributed by atoms with Crippen molar-refractivity contribution in [1.82, 2.24) is 24.8 Å². The van der Waals surface area contributed by atoms with E-state index in [9.17, 15) is 4.79 Å². The molecule has 2 fully saturated rings. The van der Waals surface area contributed by atoms with Crippen molar-refractivity contribution in [3.63, 3.8) is 0 Å². The zero-order valence-electron chi connectivity index (χ0n) is 17.2. The van der Waals surface area contributed by atoms with Crippen molar-refractivity contribution >= 4 is 16.8 Å². The summed E-state index contributed by atoms with van der Waals surface area (Å²) in [4.78, 5) is 30.3. The molecular formula is C24H27N5O. The predicted molar refractivity (Wildman–Crippen MR) is 115 cm³/mol. The molecule has 6 heteroatoms. The number of aromatic nitrogens is 3. The van der Waals surface area contributed by atoms with Gasteiger partial charge in [-0.05, 0) is 49.4 Å². The fourth-order valence-corrected chi connectivity index (χ4v) is 5.42. The molecule has 3 aliphatic rings. The van der Waals surface area contributed by atoms with Crippen molar-refractivity contribution in [1.29, 1.82) is 0 Å². The van der Waals surface area contributed by atoms with E-state index in [1.807, 2.05) is 18.6 Å². The Morgan fingerprint density at radius 2 is 2.00 bits per heavy atom. The van der Waals surface area contributed by atoms with Gasteiger partial charge < -0.3 is 9.88 Å². The quantitative estimate of drug-likeness (QED) is 0.732. The summed E-state index contributed by atoms with van der Waals surface area (Å²) in [7, 11) is 0. The largest absolute Gasteiger partial charge is 0.348 e. The van der Waals surface area contributed by atoms with Gasteiger partial charge in [0.05, 0.1) is 23.1 Å². The third kappa shape index (κ3) is 2.93. The number of hydrogen-bond donors (Lipinski definition) is 1. The number of piperidine rings is 1. The number of amides is 1. The highest BCUT2D eigenvalue weighted by Crippen LogP contribution is 2.45. The van der Waals surface area contributed by atoms with Gasteiger partial charge in [0.25, 0.3) is 0 Å². The Hall–Kier alpha value is -2.73. The molecule has 1 amide bonds. The van der Waals surface area contributed by atoms with Crippen molar-refractivity contribution in [2.24, 2.45) is 5.92 Å². The summed E-state index contributed by atoms with van der Waals surface area (Å²) < 4.78 is 0. The van der Waals surface area contributed by atoms with Gasteiger partial charge in [-0.15, -0.1) is 0 Å². The number of hydrogen-bond acceptors (Lipinski definition) is 4. The Bertz CT molecular complexity index is 1090. The number of fused-ring (bicyclic) bond motifs is 3. The van der Waals surface area contributed by atoms with Gasteiger partial charge in [0.2, 0.25) is 5.91 Å². The van der Waals surface area contributed by atoms with E-state index in [4.69, 9.17) is 4.98 Å². The Kier molecular flexibility index (Phi) is 4.16. The molecule has 1 aliphatic carbocycles. The molecule has 154 valence electrons. The monoisotopic (exact) mass is 401 g/mol. The van der Waals surface area contributed by atoms with E-state index >= 15 is 0 Å². The van der Waals surface area contributed by atoms with Crippen LogP contribution >= 0.6 is 0 Å². The molecule has 2 aromatic heterocycles. The Balaban J connectivity index is 1.23. The molecule has 6 rings (SSSR count). The van der Waals surface area contributed by atoms with E-state index in [0.717, 1.165) is 69.5 Å². The number of carbonyl (C=O) groups is 1. The van der Waals surface area contributed by atoms with Crippen LogP contribution in [0.5, 0.6) is 0 Å². The van der Waals surface area contributed by atoms with E-state index in [0.29, 0.717) is 5.91 Å². The van der Waals surface area contributed by atoms with Crippen LogP contribution in [0.3, 0.4) is 0 Å². The number of pyridine rings is 1. The van der Waals surface area contributed by atoms with Crippen LogP contribution in [-0.4, -0.2) is 50.3 Å². The number of carbonyl (C=O) groups excluding carboxylic acids is 1. The highest BCUT2D eigenvalue weighted by Gasteiger charge is 2.50. The number of imidazole rings is 1. The molecule has 3 aromatic rings. The lowest BCUT2D eigenvalue weighted by molar-refractivity contribution is -0.143. The highest BCUT2D eigenvalue weighted by molar-refractivity contribution is 5.82. The minimum absolute atomic E-state index is 0.225. The van der Waals surface area contributed by atoms with Crippen molar-refractivity contribution in [2.45, 2.75) is 44.2 Å². The average Bonchev–Trinajstić information content (AvgIpc) is 3.52. The summed E-state index contributed by atoms with van der Waals surface area (Å²) in [5.74, 6) is 0.616. The second-order valence-electron chi connectivity index (χ2n) is 9.08.